The summed E-state index contributed by atoms with van der Waals surface area (Å²) in [6.45, 7) is 1.53. The summed E-state index contributed by atoms with van der Waals surface area (Å²) in [6.07, 6.45) is 0. The Bertz CT molecular complexity index is 1730. The minimum atomic E-state index is -0.529. The highest BCUT2D eigenvalue weighted by Gasteiger charge is 2.23. The summed E-state index contributed by atoms with van der Waals surface area (Å²) in [6, 6.07) is 31.9. The molecule has 0 fully saturated rings. The molecular weight excluding hydrogens is 604 g/mol. The van der Waals surface area contributed by atoms with Crippen LogP contribution in [0.15, 0.2) is 113 Å². The van der Waals surface area contributed by atoms with E-state index in [2.05, 4.69) is 20.9 Å². The van der Waals surface area contributed by atoms with Crippen LogP contribution in [0.2, 0.25) is 5.02 Å². The molecule has 1 amide bonds. The van der Waals surface area contributed by atoms with Gasteiger partial charge in [0.25, 0.3) is 0 Å². The normalized spacial score (nSPS) is 11.4. The van der Waals surface area contributed by atoms with E-state index >= 15 is 0 Å². The maximum atomic E-state index is 13.6. The molecular formula is C32H25ClN4O2S3. The van der Waals surface area contributed by atoms with Gasteiger partial charge in [-0.25, -0.2) is 4.98 Å². The van der Waals surface area contributed by atoms with Crippen LogP contribution >= 0.6 is 46.9 Å². The van der Waals surface area contributed by atoms with E-state index in [4.69, 9.17) is 23.8 Å². The van der Waals surface area contributed by atoms with Gasteiger partial charge in [-0.05, 0) is 73.2 Å². The molecule has 0 aliphatic carbocycles. The van der Waals surface area contributed by atoms with E-state index in [0.29, 0.717) is 26.5 Å². The Labute approximate surface area is 262 Å². The van der Waals surface area contributed by atoms with E-state index in [9.17, 15) is 9.59 Å². The summed E-state index contributed by atoms with van der Waals surface area (Å²) in [5, 5.41) is 12.2. The SMILES string of the molecule is CC(=O)c1ccc(NC(=S)Nc2cccc(SC(C(=O)Nc3nc(-c4ccccc4Cl)cs3)c3ccccc3)c2)cc1. The van der Waals surface area contributed by atoms with E-state index < -0.39 is 5.25 Å². The van der Waals surface area contributed by atoms with Gasteiger partial charge in [0, 0.05) is 37.8 Å². The molecule has 0 bridgehead atoms. The summed E-state index contributed by atoms with van der Waals surface area (Å²) in [4.78, 5) is 30.6. The van der Waals surface area contributed by atoms with Crippen molar-refractivity contribution in [3.05, 3.63) is 125 Å². The Morgan fingerprint density at radius 2 is 1.57 bits per heavy atom. The summed E-state index contributed by atoms with van der Waals surface area (Å²) in [5.74, 6) is -0.177. The first-order valence-electron chi connectivity index (χ1n) is 12.9. The third-order valence-electron chi connectivity index (χ3n) is 6.12. The van der Waals surface area contributed by atoms with E-state index in [0.717, 1.165) is 27.4 Å². The number of amides is 1. The van der Waals surface area contributed by atoms with Gasteiger partial charge in [-0.1, -0.05) is 66.2 Å². The van der Waals surface area contributed by atoms with Crippen molar-refractivity contribution in [1.29, 1.82) is 0 Å². The number of nitrogens with one attached hydrogen (secondary N) is 3. The maximum absolute atomic E-state index is 13.6. The zero-order chi connectivity index (χ0) is 29.5. The number of carbonyl (C=O) groups excluding carboxylic acids is 2. The lowest BCUT2D eigenvalue weighted by molar-refractivity contribution is -0.115. The predicted molar refractivity (Wildman–Crippen MR) is 179 cm³/mol. The highest BCUT2D eigenvalue weighted by atomic mass is 35.5. The number of nitrogens with zero attached hydrogens (tertiary/aromatic N) is 1. The third-order valence-corrected chi connectivity index (χ3v) is 8.66. The highest BCUT2D eigenvalue weighted by molar-refractivity contribution is 8.00. The van der Waals surface area contributed by atoms with E-state index in [1.165, 1.54) is 30.0 Å². The third kappa shape index (κ3) is 7.63. The van der Waals surface area contributed by atoms with E-state index in [1.807, 2.05) is 84.2 Å². The van der Waals surface area contributed by atoms with Crippen molar-refractivity contribution < 1.29 is 9.59 Å². The number of benzene rings is 4. The van der Waals surface area contributed by atoms with Gasteiger partial charge in [-0.3, -0.25) is 9.59 Å². The molecule has 1 atom stereocenters. The van der Waals surface area contributed by atoms with Gasteiger partial charge >= 0.3 is 0 Å². The molecule has 0 saturated heterocycles. The second-order valence-corrected chi connectivity index (χ2v) is 12.0. The number of hydrogen-bond acceptors (Lipinski definition) is 6. The lowest BCUT2D eigenvalue weighted by Crippen LogP contribution is -2.19. The number of thiocarbonyl (C=S) groups is 1. The van der Waals surface area contributed by atoms with Crippen molar-refractivity contribution in [1.82, 2.24) is 4.98 Å². The largest absolute Gasteiger partial charge is 0.332 e. The van der Waals surface area contributed by atoms with Gasteiger partial charge in [-0.15, -0.1) is 23.1 Å². The monoisotopic (exact) mass is 628 g/mol. The smallest absolute Gasteiger partial charge is 0.244 e. The number of aromatic nitrogens is 1. The number of Topliss-reactive ketones (excluding diaryl/α,β-unsaturated/α-hetero) is 1. The number of anilines is 3. The lowest BCUT2D eigenvalue weighted by atomic mass is 10.1. The molecule has 42 heavy (non-hydrogen) atoms. The molecule has 5 aromatic rings. The van der Waals surface area contributed by atoms with E-state index in [1.54, 1.807) is 24.3 Å². The summed E-state index contributed by atoms with van der Waals surface area (Å²) >= 11 is 14.6. The summed E-state index contributed by atoms with van der Waals surface area (Å²) < 4.78 is 0. The van der Waals surface area contributed by atoms with Crippen LogP contribution in [0.25, 0.3) is 11.3 Å². The van der Waals surface area contributed by atoms with Crippen molar-refractivity contribution in [2.45, 2.75) is 17.1 Å². The van der Waals surface area contributed by atoms with Crippen molar-refractivity contribution in [3.63, 3.8) is 0 Å². The molecule has 0 radical (unpaired) electrons. The summed E-state index contributed by atoms with van der Waals surface area (Å²) in [5.41, 5.74) is 4.57. The lowest BCUT2D eigenvalue weighted by Gasteiger charge is -2.17. The molecule has 0 aliphatic heterocycles. The van der Waals surface area contributed by atoms with Gasteiger partial charge in [0.05, 0.1) is 5.69 Å². The number of rotatable bonds is 9. The van der Waals surface area contributed by atoms with Gasteiger partial charge in [-0.2, -0.15) is 0 Å². The Hall–Kier alpha value is -4.02. The molecule has 1 aromatic heterocycles. The number of ketones is 1. The second kappa shape index (κ2) is 13.8. The molecule has 1 unspecified atom stereocenters. The highest BCUT2D eigenvalue weighted by Crippen LogP contribution is 2.38. The van der Waals surface area contributed by atoms with Crippen LogP contribution in [0.4, 0.5) is 16.5 Å². The van der Waals surface area contributed by atoms with Crippen molar-refractivity contribution in [2.24, 2.45) is 0 Å². The predicted octanol–water partition coefficient (Wildman–Crippen LogP) is 8.95. The van der Waals surface area contributed by atoms with Crippen LogP contribution in [-0.2, 0) is 4.79 Å². The molecule has 0 spiro atoms. The van der Waals surface area contributed by atoms with Crippen LogP contribution in [-0.4, -0.2) is 21.8 Å². The fourth-order valence-corrected chi connectivity index (χ4v) is 6.33. The first-order chi connectivity index (χ1) is 20.4. The topological polar surface area (TPSA) is 83.1 Å². The van der Waals surface area contributed by atoms with Crippen LogP contribution in [0, 0.1) is 0 Å². The minimum Gasteiger partial charge on any atom is -0.332 e. The van der Waals surface area contributed by atoms with Gasteiger partial charge in [0.1, 0.15) is 5.25 Å². The molecule has 6 nitrogen and oxygen atoms in total. The zero-order valence-corrected chi connectivity index (χ0v) is 25.5. The van der Waals surface area contributed by atoms with Crippen LogP contribution in [0.5, 0.6) is 0 Å². The molecule has 10 heteroatoms. The Morgan fingerprint density at radius 3 is 2.31 bits per heavy atom. The number of carbonyl (C=O) groups is 2. The number of thioether (sulfide) groups is 1. The first-order valence-corrected chi connectivity index (χ1v) is 15.4. The number of halogens is 1. The Kier molecular flexibility index (Phi) is 9.66. The first kappa shape index (κ1) is 29.5. The molecule has 210 valence electrons. The average Bonchev–Trinajstić information content (AvgIpc) is 3.45. The average molecular weight is 629 g/mol. The Balaban J connectivity index is 1.29. The number of thiazole rings is 1. The molecule has 0 saturated carbocycles. The molecule has 0 aliphatic rings. The zero-order valence-electron chi connectivity index (χ0n) is 22.3. The Morgan fingerprint density at radius 1 is 0.857 bits per heavy atom. The molecule has 1 heterocycles. The van der Waals surface area contributed by atoms with Crippen LogP contribution < -0.4 is 16.0 Å². The molecule has 3 N–H and O–H groups in total. The van der Waals surface area contributed by atoms with Gasteiger partial charge < -0.3 is 16.0 Å². The quantitative estimate of drug-likeness (QED) is 0.0854. The van der Waals surface area contributed by atoms with Gasteiger partial charge in [0.2, 0.25) is 5.91 Å². The van der Waals surface area contributed by atoms with Crippen LogP contribution in [0.3, 0.4) is 0 Å². The van der Waals surface area contributed by atoms with E-state index in [-0.39, 0.29) is 11.7 Å². The molecule has 5 rings (SSSR count). The second-order valence-electron chi connectivity index (χ2n) is 9.16. The standard InChI is InChI=1S/C32H25ClN4O2S3/c1-20(38)21-14-16-23(17-15-21)34-31(40)35-24-10-7-11-25(18-24)42-29(22-8-3-2-4-9-22)30(39)37-32-36-28(19-41-32)26-12-5-6-13-27(26)33/h2-19,29H,1H3,(H2,34,35,40)(H,36,37,39). The van der Waals surface area contributed by atoms with Gasteiger partial charge in [0.15, 0.2) is 16.0 Å². The minimum absolute atomic E-state index is 0.00700. The fourth-order valence-electron chi connectivity index (χ4n) is 4.06. The van der Waals surface area contributed by atoms with Crippen molar-refractivity contribution in [3.8, 4) is 11.3 Å². The van der Waals surface area contributed by atoms with Crippen molar-refractivity contribution in [2.75, 3.05) is 16.0 Å². The van der Waals surface area contributed by atoms with Crippen molar-refractivity contribution >= 4 is 80.2 Å². The summed E-state index contributed by atoms with van der Waals surface area (Å²) in [7, 11) is 0. The maximum Gasteiger partial charge on any atom is 0.244 e. The number of hydrogen-bond donors (Lipinski definition) is 3. The van der Waals surface area contributed by atoms with Crippen LogP contribution in [0.1, 0.15) is 28.1 Å². The fraction of sp³-hybridized carbons (Fsp3) is 0.0625. The molecule has 4 aromatic carbocycles.